The maximum atomic E-state index is 6.07. The quantitative estimate of drug-likeness (QED) is 0.601. The molecule has 0 saturated heterocycles. The van der Waals surface area contributed by atoms with Crippen molar-refractivity contribution < 1.29 is 9.47 Å². The van der Waals surface area contributed by atoms with E-state index in [1.54, 1.807) is 13.2 Å². The molecular formula is C19H24Cl2N2O2. The molecule has 0 aromatic heterocycles. The summed E-state index contributed by atoms with van der Waals surface area (Å²) in [4.78, 5) is 0. The molecule has 6 heteroatoms. The van der Waals surface area contributed by atoms with Gasteiger partial charge in [0.15, 0.2) is 11.5 Å². The molecule has 0 unspecified atom stereocenters. The van der Waals surface area contributed by atoms with E-state index in [2.05, 4.69) is 10.6 Å². The molecule has 4 nitrogen and oxygen atoms in total. The first-order chi connectivity index (χ1) is 12.2. The van der Waals surface area contributed by atoms with Crippen LogP contribution in [0.3, 0.4) is 0 Å². The number of nitrogens with one attached hydrogen (secondary N) is 2. The fraction of sp³-hybridized carbons (Fsp3) is 0.368. The lowest BCUT2D eigenvalue weighted by Gasteiger charge is -2.16. The first kappa shape index (κ1) is 19.9. The van der Waals surface area contributed by atoms with Gasteiger partial charge in [0.25, 0.3) is 0 Å². The van der Waals surface area contributed by atoms with Crippen molar-refractivity contribution in [1.82, 2.24) is 10.6 Å². The third-order valence-electron chi connectivity index (χ3n) is 3.74. The lowest BCUT2D eigenvalue weighted by molar-refractivity contribution is 0.280. The largest absolute Gasteiger partial charge is 0.493 e. The summed E-state index contributed by atoms with van der Waals surface area (Å²) in [6.07, 6.45) is 1.07. The van der Waals surface area contributed by atoms with Gasteiger partial charge in [0.05, 0.1) is 17.2 Å². The minimum absolute atomic E-state index is 0.393. The third kappa shape index (κ3) is 6.08. The maximum absolute atomic E-state index is 6.07. The van der Waals surface area contributed by atoms with Gasteiger partial charge in [-0.3, -0.25) is 0 Å². The van der Waals surface area contributed by atoms with Crippen LogP contribution in [0.2, 0.25) is 10.0 Å². The maximum Gasteiger partial charge on any atom is 0.166 e. The number of para-hydroxylation sites is 1. The van der Waals surface area contributed by atoms with Crippen molar-refractivity contribution in [2.45, 2.75) is 19.6 Å². The molecule has 0 spiro atoms. The second-order valence-electron chi connectivity index (χ2n) is 5.62. The molecule has 0 aliphatic heterocycles. The van der Waals surface area contributed by atoms with Crippen LogP contribution in [0, 0.1) is 0 Å². The Morgan fingerprint density at radius 2 is 1.88 bits per heavy atom. The van der Waals surface area contributed by atoms with Crippen molar-refractivity contribution in [2.24, 2.45) is 0 Å². The van der Waals surface area contributed by atoms with Crippen molar-refractivity contribution in [1.29, 1.82) is 0 Å². The van der Waals surface area contributed by atoms with Crippen LogP contribution in [0.1, 0.15) is 17.5 Å². The van der Waals surface area contributed by atoms with E-state index >= 15 is 0 Å². The van der Waals surface area contributed by atoms with Crippen molar-refractivity contribution in [2.75, 3.05) is 27.2 Å². The predicted octanol–water partition coefficient (Wildman–Crippen LogP) is 4.28. The Morgan fingerprint density at radius 3 is 2.60 bits per heavy atom. The minimum atomic E-state index is 0.393. The van der Waals surface area contributed by atoms with Crippen LogP contribution in [0.25, 0.3) is 0 Å². The van der Waals surface area contributed by atoms with Gasteiger partial charge in [-0.15, -0.1) is 0 Å². The van der Waals surface area contributed by atoms with Crippen LogP contribution in [-0.4, -0.2) is 27.2 Å². The zero-order valence-electron chi connectivity index (χ0n) is 14.6. The van der Waals surface area contributed by atoms with Gasteiger partial charge in [0.1, 0.15) is 6.61 Å². The highest BCUT2D eigenvalue weighted by molar-refractivity contribution is 6.42. The van der Waals surface area contributed by atoms with E-state index in [1.165, 1.54) is 0 Å². The monoisotopic (exact) mass is 382 g/mol. The summed E-state index contributed by atoms with van der Waals surface area (Å²) in [7, 11) is 3.60. The lowest BCUT2D eigenvalue weighted by Crippen LogP contribution is -2.19. The van der Waals surface area contributed by atoms with Gasteiger partial charge in [-0.25, -0.2) is 0 Å². The summed E-state index contributed by atoms with van der Waals surface area (Å²) in [6, 6.07) is 11.4. The number of hydrogen-bond donors (Lipinski definition) is 2. The van der Waals surface area contributed by atoms with Crippen molar-refractivity contribution in [3.8, 4) is 11.5 Å². The van der Waals surface area contributed by atoms with Crippen molar-refractivity contribution >= 4 is 23.2 Å². The Kier molecular flexibility index (Phi) is 8.35. The number of halogens is 2. The molecule has 2 aromatic carbocycles. The Morgan fingerprint density at radius 1 is 1.04 bits per heavy atom. The fourth-order valence-corrected chi connectivity index (χ4v) is 2.74. The molecule has 0 heterocycles. The lowest BCUT2D eigenvalue weighted by atomic mass is 10.1. The average Bonchev–Trinajstić information content (AvgIpc) is 2.62. The van der Waals surface area contributed by atoms with Crippen LogP contribution in [-0.2, 0) is 13.2 Å². The molecule has 0 atom stereocenters. The van der Waals surface area contributed by atoms with Crippen LogP contribution < -0.4 is 20.1 Å². The molecule has 0 fully saturated rings. The van der Waals surface area contributed by atoms with E-state index in [-0.39, 0.29) is 0 Å². The first-order valence-corrected chi connectivity index (χ1v) is 8.99. The van der Waals surface area contributed by atoms with Gasteiger partial charge in [0.2, 0.25) is 0 Å². The van der Waals surface area contributed by atoms with Crippen LogP contribution in [0.4, 0.5) is 0 Å². The highest BCUT2D eigenvalue weighted by Crippen LogP contribution is 2.32. The average molecular weight is 383 g/mol. The Bertz CT molecular complexity index is 680. The first-order valence-electron chi connectivity index (χ1n) is 8.23. The van der Waals surface area contributed by atoms with Crippen LogP contribution >= 0.6 is 23.2 Å². The Hall–Kier alpha value is -1.46. The SMILES string of the molecule is CNCCCNCc1cccc(OC)c1OCc1ccc(Cl)c(Cl)c1. The smallest absolute Gasteiger partial charge is 0.166 e. The summed E-state index contributed by atoms with van der Waals surface area (Å²) in [5.41, 5.74) is 2.01. The zero-order chi connectivity index (χ0) is 18.1. The summed E-state index contributed by atoms with van der Waals surface area (Å²) in [5.74, 6) is 1.46. The Balaban J connectivity index is 2.04. The number of benzene rings is 2. The van der Waals surface area contributed by atoms with Gasteiger partial charge in [-0.2, -0.15) is 0 Å². The van der Waals surface area contributed by atoms with E-state index < -0.39 is 0 Å². The predicted molar refractivity (Wildman–Crippen MR) is 104 cm³/mol. The molecule has 25 heavy (non-hydrogen) atoms. The number of hydrogen-bond acceptors (Lipinski definition) is 4. The standard InChI is InChI=1S/C19H24Cl2N2O2/c1-22-9-4-10-23-12-15-5-3-6-18(24-2)19(15)25-13-14-7-8-16(20)17(21)11-14/h3,5-8,11,22-23H,4,9-10,12-13H2,1-2H3. The number of methoxy groups -OCH3 is 1. The van der Waals surface area contributed by atoms with Gasteiger partial charge < -0.3 is 20.1 Å². The molecular weight excluding hydrogens is 359 g/mol. The second kappa shape index (κ2) is 10.5. The topological polar surface area (TPSA) is 42.5 Å². The summed E-state index contributed by atoms with van der Waals surface area (Å²) in [6.45, 7) is 3.04. The molecule has 0 saturated carbocycles. The molecule has 2 aromatic rings. The Labute approximate surface area is 159 Å². The van der Waals surface area contributed by atoms with E-state index in [4.69, 9.17) is 32.7 Å². The molecule has 0 aliphatic rings. The van der Waals surface area contributed by atoms with Crippen LogP contribution in [0.15, 0.2) is 36.4 Å². The molecule has 0 bridgehead atoms. The van der Waals surface area contributed by atoms with E-state index in [1.807, 2.05) is 37.4 Å². The van der Waals surface area contributed by atoms with Gasteiger partial charge >= 0.3 is 0 Å². The summed E-state index contributed by atoms with van der Waals surface area (Å²) >= 11 is 12.0. The van der Waals surface area contributed by atoms with Crippen molar-refractivity contribution in [3.63, 3.8) is 0 Å². The number of rotatable bonds is 10. The highest BCUT2D eigenvalue weighted by Gasteiger charge is 2.11. The molecule has 136 valence electrons. The molecule has 0 amide bonds. The second-order valence-corrected chi connectivity index (χ2v) is 6.43. The summed E-state index contributed by atoms with van der Waals surface area (Å²) < 4.78 is 11.5. The molecule has 0 radical (unpaired) electrons. The van der Waals surface area contributed by atoms with E-state index in [9.17, 15) is 0 Å². The van der Waals surface area contributed by atoms with E-state index in [0.717, 1.165) is 48.7 Å². The number of ether oxygens (including phenoxy) is 2. The van der Waals surface area contributed by atoms with Gasteiger partial charge in [0, 0.05) is 12.1 Å². The van der Waals surface area contributed by atoms with E-state index in [0.29, 0.717) is 16.7 Å². The van der Waals surface area contributed by atoms with Crippen molar-refractivity contribution in [3.05, 3.63) is 57.6 Å². The highest BCUT2D eigenvalue weighted by atomic mass is 35.5. The van der Waals surface area contributed by atoms with Gasteiger partial charge in [-0.1, -0.05) is 41.4 Å². The van der Waals surface area contributed by atoms with Crippen LogP contribution in [0.5, 0.6) is 11.5 Å². The fourth-order valence-electron chi connectivity index (χ4n) is 2.42. The normalized spacial score (nSPS) is 10.7. The molecule has 2 N–H and O–H groups in total. The zero-order valence-corrected chi connectivity index (χ0v) is 16.1. The summed E-state index contributed by atoms with van der Waals surface area (Å²) in [5, 5.41) is 7.63. The minimum Gasteiger partial charge on any atom is -0.493 e. The third-order valence-corrected chi connectivity index (χ3v) is 4.48. The van der Waals surface area contributed by atoms with Gasteiger partial charge in [-0.05, 0) is 50.3 Å². The molecule has 2 rings (SSSR count). The molecule has 0 aliphatic carbocycles.